The van der Waals surface area contributed by atoms with Crippen LogP contribution in [0.15, 0.2) is 40.5 Å². The highest BCUT2D eigenvalue weighted by Crippen LogP contribution is 2.28. The summed E-state index contributed by atoms with van der Waals surface area (Å²) in [5.41, 5.74) is 1.53. The van der Waals surface area contributed by atoms with Crippen molar-refractivity contribution >= 4 is 46.3 Å². The van der Waals surface area contributed by atoms with Gasteiger partial charge >= 0.3 is 0 Å². The van der Waals surface area contributed by atoms with Crippen LogP contribution in [-0.4, -0.2) is 57.8 Å². The van der Waals surface area contributed by atoms with E-state index in [9.17, 15) is 4.79 Å². The van der Waals surface area contributed by atoms with Gasteiger partial charge in [0.15, 0.2) is 10.8 Å². The number of fused-ring (bicyclic) bond motifs is 1. The summed E-state index contributed by atoms with van der Waals surface area (Å²) in [6, 6.07) is 7.65. The normalized spacial score (nSPS) is 14.3. The molecule has 1 N–H and O–H groups in total. The van der Waals surface area contributed by atoms with E-state index in [2.05, 4.69) is 15.3 Å². The molecule has 158 valence electrons. The lowest BCUT2D eigenvalue weighted by Gasteiger charge is -2.28. The number of nitrogens with one attached hydrogen (secondary N) is 1. The number of thioether (sulfide) groups is 2. The minimum absolute atomic E-state index is 0.0650. The van der Waals surface area contributed by atoms with Crippen molar-refractivity contribution in [2.75, 3.05) is 37.0 Å². The highest BCUT2D eigenvalue weighted by molar-refractivity contribution is 7.98. The van der Waals surface area contributed by atoms with E-state index < -0.39 is 0 Å². The largest absolute Gasteiger partial charge is 0.356 e. The smallest absolute Gasteiger partial charge is 0.252 e. The third-order valence-electron chi connectivity index (χ3n) is 5.25. The first-order chi connectivity index (χ1) is 14.7. The van der Waals surface area contributed by atoms with Crippen LogP contribution < -0.4 is 10.2 Å². The van der Waals surface area contributed by atoms with E-state index in [1.165, 1.54) is 19.3 Å². The van der Waals surface area contributed by atoms with E-state index in [1.54, 1.807) is 23.5 Å². The van der Waals surface area contributed by atoms with Crippen LogP contribution in [0.3, 0.4) is 0 Å². The van der Waals surface area contributed by atoms with Crippen molar-refractivity contribution < 1.29 is 4.79 Å². The van der Waals surface area contributed by atoms with Gasteiger partial charge in [-0.3, -0.25) is 4.79 Å². The van der Waals surface area contributed by atoms with Gasteiger partial charge in [-0.15, -0.1) is 11.8 Å². The summed E-state index contributed by atoms with van der Waals surface area (Å²) in [5, 5.41) is 9.30. The van der Waals surface area contributed by atoms with E-state index in [0.29, 0.717) is 18.7 Å². The highest BCUT2D eigenvalue weighted by atomic mass is 32.2. The maximum Gasteiger partial charge on any atom is 0.252 e. The van der Waals surface area contributed by atoms with Crippen LogP contribution in [-0.2, 0) is 6.54 Å². The molecule has 3 aromatic rings. The molecule has 0 unspecified atom stereocenters. The summed E-state index contributed by atoms with van der Waals surface area (Å²) in [4.78, 5) is 25.4. The molecule has 0 spiro atoms. The fourth-order valence-corrected chi connectivity index (χ4v) is 4.68. The zero-order valence-electron chi connectivity index (χ0n) is 17.3. The number of nitrogens with zero attached hydrogens (tertiary/aromatic N) is 5. The van der Waals surface area contributed by atoms with Gasteiger partial charge < -0.3 is 10.2 Å². The minimum atomic E-state index is -0.0650. The fraction of sp³-hybridized carbons (Fsp3) is 0.429. The van der Waals surface area contributed by atoms with Crippen molar-refractivity contribution in [3.63, 3.8) is 0 Å². The zero-order valence-corrected chi connectivity index (χ0v) is 18.9. The van der Waals surface area contributed by atoms with Crippen LogP contribution in [0.2, 0.25) is 0 Å². The van der Waals surface area contributed by atoms with E-state index >= 15 is 0 Å². The standard InChI is InChI=1S/C21H26N6OS2/c1-29-17-9-5-4-8-15(17)20(28)22-10-13-27-19-16(14-23-27)18(24-21(25-19)30-2)26-11-6-3-7-12-26/h4-5,8-9,14H,3,6-7,10-13H2,1-2H3,(H,22,28). The third kappa shape index (κ3) is 4.41. The second-order valence-electron chi connectivity index (χ2n) is 7.14. The van der Waals surface area contributed by atoms with Gasteiger partial charge in [-0.1, -0.05) is 23.9 Å². The molecule has 2 aromatic heterocycles. The first-order valence-electron chi connectivity index (χ1n) is 10.1. The topological polar surface area (TPSA) is 75.9 Å². The molecule has 4 rings (SSSR count). The number of carbonyl (C=O) groups excluding carboxylic acids is 1. The average molecular weight is 443 g/mol. The van der Waals surface area contributed by atoms with Crippen molar-refractivity contribution in [3.8, 4) is 0 Å². The number of hydrogen-bond donors (Lipinski definition) is 1. The Balaban J connectivity index is 1.51. The van der Waals surface area contributed by atoms with E-state index in [1.807, 2.05) is 47.7 Å². The van der Waals surface area contributed by atoms with Gasteiger partial charge in [-0.2, -0.15) is 5.10 Å². The van der Waals surface area contributed by atoms with Gasteiger partial charge in [0.1, 0.15) is 5.82 Å². The number of rotatable bonds is 7. The van der Waals surface area contributed by atoms with Crippen LogP contribution in [0, 0.1) is 0 Å². The molecule has 0 atom stereocenters. The number of hydrogen-bond acceptors (Lipinski definition) is 7. The Morgan fingerprint density at radius 3 is 2.67 bits per heavy atom. The SMILES string of the molecule is CSc1nc(N2CCCCC2)c2cnn(CCNC(=O)c3ccccc3SC)c2n1. The lowest BCUT2D eigenvalue weighted by molar-refractivity contribution is 0.0949. The molecule has 1 aliphatic heterocycles. The minimum Gasteiger partial charge on any atom is -0.356 e. The molecular weight excluding hydrogens is 416 g/mol. The molecule has 1 amide bonds. The Bertz CT molecular complexity index is 1030. The quantitative estimate of drug-likeness (QED) is 0.442. The molecule has 1 saturated heterocycles. The summed E-state index contributed by atoms with van der Waals surface area (Å²) >= 11 is 3.12. The Morgan fingerprint density at radius 1 is 1.10 bits per heavy atom. The summed E-state index contributed by atoms with van der Waals surface area (Å²) in [7, 11) is 0. The predicted octanol–water partition coefficient (Wildman–Crippen LogP) is 3.69. The van der Waals surface area contributed by atoms with Crippen molar-refractivity contribution in [1.29, 1.82) is 0 Å². The van der Waals surface area contributed by atoms with Gasteiger partial charge in [-0.05, 0) is 43.9 Å². The molecule has 1 aromatic carbocycles. The highest BCUT2D eigenvalue weighted by Gasteiger charge is 2.19. The summed E-state index contributed by atoms with van der Waals surface area (Å²) in [5.74, 6) is 0.915. The van der Waals surface area contributed by atoms with Crippen molar-refractivity contribution in [2.45, 2.75) is 35.9 Å². The van der Waals surface area contributed by atoms with Crippen LogP contribution in [0.1, 0.15) is 29.6 Å². The molecule has 1 aliphatic rings. The zero-order chi connectivity index (χ0) is 20.9. The van der Waals surface area contributed by atoms with Crippen molar-refractivity contribution in [2.24, 2.45) is 0 Å². The number of benzene rings is 1. The van der Waals surface area contributed by atoms with Gasteiger partial charge in [0, 0.05) is 24.5 Å². The van der Waals surface area contributed by atoms with Crippen molar-refractivity contribution in [1.82, 2.24) is 25.1 Å². The first-order valence-corrected chi connectivity index (χ1v) is 12.6. The molecule has 9 heteroatoms. The molecular formula is C21H26N6OS2. The molecule has 0 aliphatic carbocycles. The Labute approximate surface area is 185 Å². The summed E-state index contributed by atoms with van der Waals surface area (Å²) in [6.07, 6.45) is 9.48. The molecule has 0 radical (unpaired) electrons. The molecule has 0 bridgehead atoms. The first kappa shape index (κ1) is 21.0. The van der Waals surface area contributed by atoms with Crippen LogP contribution >= 0.6 is 23.5 Å². The van der Waals surface area contributed by atoms with Gasteiger partial charge in [0.2, 0.25) is 0 Å². The number of carbonyl (C=O) groups is 1. The number of aromatic nitrogens is 4. The molecule has 1 fully saturated rings. The summed E-state index contributed by atoms with van der Waals surface area (Å²) < 4.78 is 1.87. The summed E-state index contributed by atoms with van der Waals surface area (Å²) in [6.45, 7) is 3.09. The third-order valence-corrected chi connectivity index (χ3v) is 6.60. The lowest BCUT2D eigenvalue weighted by Crippen LogP contribution is -2.30. The maximum atomic E-state index is 12.6. The predicted molar refractivity (Wildman–Crippen MR) is 124 cm³/mol. The monoisotopic (exact) mass is 442 g/mol. The maximum absolute atomic E-state index is 12.6. The second-order valence-corrected chi connectivity index (χ2v) is 8.76. The second kappa shape index (κ2) is 9.70. The van der Waals surface area contributed by atoms with E-state index in [0.717, 1.165) is 40.0 Å². The van der Waals surface area contributed by atoms with Gasteiger partial charge in [0.25, 0.3) is 5.91 Å². The Kier molecular flexibility index (Phi) is 6.79. The Hall–Kier alpha value is -2.26. The lowest BCUT2D eigenvalue weighted by atomic mass is 10.1. The molecule has 7 nitrogen and oxygen atoms in total. The molecule has 30 heavy (non-hydrogen) atoms. The Morgan fingerprint density at radius 2 is 1.90 bits per heavy atom. The van der Waals surface area contributed by atoms with Crippen LogP contribution in [0.5, 0.6) is 0 Å². The molecule has 0 saturated carbocycles. The number of anilines is 1. The van der Waals surface area contributed by atoms with Crippen LogP contribution in [0.4, 0.5) is 5.82 Å². The van der Waals surface area contributed by atoms with Crippen LogP contribution in [0.25, 0.3) is 11.0 Å². The van der Waals surface area contributed by atoms with E-state index in [-0.39, 0.29) is 5.91 Å². The number of piperidine rings is 1. The fourth-order valence-electron chi connectivity index (χ4n) is 3.73. The molecule has 3 heterocycles. The van der Waals surface area contributed by atoms with Gasteiger partial charge in [-0.25, -0.2) is 14.6 Å². The number of amides is 1. The van der Waals surface area contributed by atoms with Crippen molar-refractivity contribution in [3.05, 3.63) is 36.0 Å². The average Bonchev–Trinajstić information content (AvgIpc) is 3.21. The van der Waals surface area contributed by atoms with E-state index in [4.69, 9.17) is 9.97 Å². The van der Waals surface area contributed by atoms with Gasteiger partial charge in [0.05, 0.1) is 23.7 Å².